The lowest BCUT2D eigenvalue weighted by Gasteiger charge is -2.26. The number of likely N-dealkylation sites (tertiary alicyclic amines) is 1. The van der Waals surface area contributed by atoms with Gasteiger partial charge in [-0.15, -0.1) is 0 Å². The molecule has 0 bridgehead atoms. The van der Waals surface area contributed by atoms with Gasteiger partial charge in [0, 0.05) is 43.2 Å². The van der Waals surface area contributed by atoms with Gasteiger partial charge in [-0.2, -0.15) is 0 Å². The third-order valence-electron chi connectivity index (χ3n) is 6.33. The number of hydrogen-bond acceptors (Lipinski definition) is 7. The molecule has 1 aromatic carbocycles. The highest BCUT2D eigenvalue weighted by Crippen LogP contribution is 2.24. The predicted molar refractivity (Wildman–Crippen MR) is 153 cm³/mol. The van der Waals surface area contributed by atoms with Crippen LogP contribution >= 0.6 is 0 Å². The average molecular weight is 514 g/mol. The van der Waals surface area contributed by atoms with Crippen LogP contribution in [0.1, 0.15) is 42.1 Å². The van der Waals surface area contributed by atoms with Crippen LogP contribution in [0, 0.1) is 0 Å². The second-order valence-corrected chi connectivity index (χ2v) is 9.20. The van der Waals surface area contributed by atoms with Crippen LogP contribution in [-0.2, 0) is 4.79 Å². The van der Waals surface area contributed by atoms with Gasteiger partial charge in [-0.05, 0) is 80.9 Å². The molecule has 0 spiro atoms. The molecule has 3 heterocycles. The van der Waals surface area contributed by atoms with E-state index in [1.807, 2.05) is 43.3 Å². The van der Waals surface area contributed by atoms with Crippen LogP contribution in [0.2, 0.25) is 0 Å². The van der Waals surface area contributed by atoms with Crippen molar-refractivity contribution in [2.75, 3.05) is 49.1 Å². The smallest absolute Gasteiger partial charge is 0.255 e. The van der Waals surface area contributed by atoms with Crippen molar-refractivity contribution >= 4 is 35.2 Å². The molecule has 2 aromatic heterocycles. The van der Waals surface area contributed by atoms with Gasteiger partial charge in [0.05, 0.1) is 11.3 Å². The Morgan fingerprint density at radius 2 is 1.82 bits per heavy atom. The lowest BCUT2D eigenvalue weighted by Crippen LogP contribution is -2.37. The molecule has 9 nitrogen and oxygen atoms in total. The maximum absolute atomic E-state index is 12.9. The number of rotatable bonds is 10. The fraction of sp³-hybridized carbons (Fsp3) is 0.310. The highest BCUT2D eigenvalue weighted by molar-refractivity contribution is 6.02. The van der Waals surface area contributed by atoms with Crippen LogP contribution < -0.4 is 21.7 Å². The van der Waals surface area contributed by atoms with Crippen molar-refractivity contribution in [1.29, 1.82) is 0 Å². The maximum atomic E-state index is 12.9. The summed E-state index contributed by atoms with van der Waals surface area (Å²) < 4.78 is 0. The Labute approximate surface area is 223 Å². The molecule has 0 unspecified atom stereocenters. The van der Waals surface area contributed by atoms with Gasteiger partial charge >= 0.3 is 0 Å². The zero-order valence-corrected chi connectivity index (χ0v) is 21.7. The SMILES string of the molecule is CCNc1nc(-c2ccc(NC(=O)C=Cc3ccc(N)nc3)cc2)ccc1C(=O)NCCN1CCCCC1. The van der Waals surface area contributed by atoms with Gasteiger partial charge in [0.2, 0.25) is 5.91 Å². The van der Waals surface area contributed by atoms with Gasteiger partial charge in [-0.1, -0.05) is 18.6 Å². The van der Waals surface area contributed by atoms with E-state index in [0.717, 1.165) is 36.5 Å². The number of piperidine rings is 1. The lowest BCUT2D eigenvalue weighted by molar-refractivity contribution is -0.111. The minimum absolute atomic E-state index is 0.127. The summed E-state index contributed by atoms with van der Waals surface area (Å²) in [5.74, 6) is 0.607. The molecule has 0 radical (unpaired) electrons. The number of nitrogens with one attached hydrogen (secondary N) is 3. The predicted octanol–water partition coefficient (Wildman–Crippen LogP) is 4.03. The van der Waals surface area contributed by atoms with Gasteiger partial charge in [0.25, 0.3) is 5.91 Å². The van der Waals surface area contributed by atoms with E-state index in [2.05, 4.69) is 25.8 Å². The number of anilines is 3. The van der Waals surface area contributed by atoms with E-state index in [9.17, 15) is 9.59 Å². The molecule has 0 atom stereocenters. The molecule has 1 saturated heterocycles. The van der Waals surface area contributed by atoms with Crippen molar-refractivity contribution in [3.05, 3.63) is 71.9 Å². The minimum Gasteiger partial charge on any atom is -0.384 e. The van der Waals surface area contributed by atoms with E-state index in [0.29, 0.717) is 36.0 Å². The second kappa shape index (κ2) is 13.3. The number of carbonyl (C=O) groups is 2. The average Bonchev–Trinajstić information content (AvgIpc) is 2.94. The van der Waals surface area contributed by atoms with Crippen LogP contribution in [-0.4, -0.2) is 59.4 Å². The first-order valence-corrected chi connectivity index (χ1v) is 13.1. The summed E-state index contributed by atoms with van der Waals surface area (Å²) in [4.78, 5) is 36.3. The first kappa shape index (κ1) is 26.8. The van der Waals surface area contributed by atoms with Gasteiger partial charge in [-0.25, -0.2) is 9.97 Å². The Morgan fingerprint density at radius 1 is 1.03 bits per heavy atom. The molecule has 4 rings (SSSR count). The number of aromatic nitrogens is 2. The Bertz CT molecular complexity index is 1250. The van der Waals surface area contributed by atoms with Crippen LogP contribution in [0.15, 0.2) is 60.8 Å². The first-order chi connectivity index (χ1) is 18.5. The van der Waals surface area contributed by atoms with Crippen molar-refractivity contribution in [2.24, 2.45) is 0 Å². The standard InChI is InChI=1S/C29H35N7O2/c1-2-31-28-24(29(38)32-16-19-36-17-4-3-5-18-36)12-13-25(35-28)22-8-10-23(11-9-22)34-27(37)15-7-21-6-14-26(30)33-20-21/h6-15,20H,2-5,16-19H2,1H3,(H2,30,33)(H,31,35)(H,32,38)(H,34,37). The van der Waals surface area contributed by atoms with Gasteiger partial charge < -0.3 is 26.6 Å². The molecule has 2 amide bonds. The fourth-order valence-corrected chi connectivity index (χ4v) is 4.31. The van der Waals surface area contributed by atoms with E-state index in [1.54, 1.807) is 24.4 Å². The third-order valence-corrected chi connectivity index (χ3v) is 6.33. The van der Waals surface area contributed by atoms with Crippen molar-refractivity contribution in [3.63, 3.8) is 0 Å². The molecule has 1 fully saturated rings. The van der Waals surface area contributed by atoms with Crippen molar-refractivity contribution in [3.8, 4) is 11.3 Å². The summed E-state index contributed by atoms with van der Waals surface area (Å²) >= 11 is 0. The Balaban J connectivity index is 1.36. The highest BCUT2D eigenvalue weighted by Gasteiger charge is 2.15. The molecule has 5 N–H and O–H groups in total. The molecular weight excluding hydrogens is 478 g/mol. The number of nitrogen functional groups attached to an aromatic ring is 1. The topological polar surface area (TPSA) is 125 Å². The number of pyridine rings is 2. The molecular formula is C29H35N7O2. The Kier molecular flexibility index (Phi) is 9.42. The van der Waals surface area contributed by atoms with Crippen LogP contribution in [0.25, 0.3) is 17.3 Å². The van der Waals surface area contributed by atoms with Crippen LogP contribution in [0.3, 0.4) is 0 Å². The van der Waals surface area contributed by atoms with E-state index in [4.69, 9.17) is 10.7 Å². The molecule has 3 aromatic rings. The number of amides is 2. The molecule has 0 aliphatic carbocycles. The number of nitrogens with two attached hydrogens (primary N) is 1. The number of benzene rings is 1. The van der Waals surface area contributed by atoms with Gasteiger partial charge in [-0.3, -0.25) is 9.59 Å². The number of nitrogens with zero attached hydrogens (tertiary/aromatic N) is 3. The summed E-state index contributed by atoms with van der Waals surface area (Å²) in [6.07, 6.45) is 8.49. The normalized spacial score (nSPS) is 13.8. The molecule has 1 aliphatic rings. The van der Waals surface area contributed by atoms with Crippen molar-refractivity contribution < 1.29 is 9.59 Å². The summed E-state index contributed by atoms with van der Waals surface area (Å²) in [6.45, 7) is 6.32. The molecule has 38 heavy (non-hydrogen) atoms. The summed E-state index contributed by atoms with van der Waals surface area (Å²) in [5, 5.41) is 9.10. The number of hydrogen-bond donors (Lipinski definition) is 4. The molecule has 1 aliphatic heterocycles. The quantitative estimate of drug-likeness (QED) is 0.302. The molecule has 198 valence electrons. The Morgan fingerprint density at radius 3 is 2.53 bits per heavy atom. The largest absolute Gasteiger partial charge is 0.384 e. The van der Waals surface area contributed by atoms with Gasteiger partial charge in [0.15, 0.2) is 0 Å². The Hall–Kier alpha value is -4.24. The minimum atomic E-state index is -0.252. The first-order valence-electron chi connectivity index (χ1n) is 13.1. The molecule has 0 saturated carbocycles. The van der Waals surface area contributed by atoms with Crippen LogP contribution in [0.4, 0.5) is 17.3 Å². The monoisotopic (exact) mass is 513 g/mol. The summed E-state index contributed by atoms with van der Waals surface area (Å²) in [7, 11) is 0. The van der Waals surface area contributed by atoms with E-state index < -0.39 is 0 Å². The fourth-order valence-electron chi connectivity index (χ4n) is 4.31. The zero-order chi connectivity index (χ0) is 26.7. The van der Waals surface area contributed by atoms with Crippen molar-refractivity contribution in [1.82, 2.24) is 20.2 Å². The third kappa shape index (κ3) is 7.63. The zero-order valence-electron chi connectivity index (χ0n) is 21.7. The van der Waals surface area contributed by atoms with Crippen LogP contribution in [0.5, 0.6) is 0 Å². The van der Waals surface area contributed by atoms with E-state index >= 15 is 0 Å². The van der Waals surface area contributed by atoms with Gasteiger partial charge in [0.1, 0.15) is 11.6 Å². The highest BCUT2D eigenvalue weighted by atomic mass is 16.2. The summed E-state index contributed by atoms with van der Waals surface area (Å²) in [5.41, 5.74) is 9.17. The van der Waals surface area contributed by atoms with E-state index in [-0.39, 0.29) is 11.8 Å². The van der Waals surface area contributed by atoms with Crippen molar-refractivity contribution in [2.45, 2.75) is 26.2 Å². The summed E-state index contributed by atoms with van der Waals surface area (Å²) in [6, 6.07) is 14.5. The second-order valence-electron chi connectivity index (χ2n) is 9.20. The maximum Gasteiger partial charge on any atom is 0.255 e. The van der Waals surface area contributed by atoms with E-state index in [1.165, 1.54) is 25.3 Å². The lowest BCUT2D eigenvalue weighted by atomic mass is 10.1. The number of carbonyl (C=O) groups excluding carboxylic acids is 2. The molecule has 9 heteroatoms.